The van der Waals surface area contributed by atoms with Gasteiger partial charge < -0.3 is 19.3 Å². The Labute approximate surface area is 185 Å². The van der Waals surface area contributed by atoms with Crippen LogP contribution in [0, 0.1) is 0 Å². The number of rotatable bonds is 4. The van der Waals surface area contributed by atoms with Gasteiger partial charge in [-0.2, -0.15) is 13.2 Å². The Morgan fingerprint density at radius 2 is 1.81 bits per heavy atom. The first-order valence-corrected chi connectivity index (χ1v) is 10.2. The van der Waals surface area contributed by atoms with Crippen molar-refractivity contribution in [2.45, 2.75) is 45.2 Å². The zero-order valence-electron chi connectivity index (χ0n) is 18.5. The van der Waals surface area contributed by atoms with E-state index < -0.39 is 30.5 Å². The molecular weight excluding hydrogens is 425 g/mol. The third-order valence-corrected chi connectivity index (χ3v) is 4.87. The molecule has 1 aliphatic heterocycles. The normalized spacial score (nSPS) is 17.4. The maximum atomic E-state index is 13.9. The molecule has 0 bridgehead atoms. The quantitative estimate of drug-likeness (QED) is 0.690. The second-order valence-corrected chi connectivity index (χ2v) is 8.55. The van der Waals surface area contributed by atoms with Crippen LogP contribution in [0.1, 0.15) is 26.3 Å². The van der Waals surface area contributed by atoms with Gasteiger partial charge in [0.1, 0.15) is 11.6 Å². The number of carbonyl (C=O) groups excluding carboxylic acids is 1. The smallest absolute Gasteiger partial charge is 0.410 e. The maximum Gasteiger partial charge on any atom is 0.410 e. The molecule has 0 aliphatic carbocycles. The number of carbonyl (C=O) groups is 1. The molecule has 1 aliphatic rings. The van der Waals surface area contributed by atoms with Crippen molar-refractivity contribution in [2.75, 3.05) is 31.6 Å². The highest BCUT2D eigenvalue weighted by molar-refractivity contribution is 5.69. The number of hydrogen-bond donors (Lipinski definition) is 0. The summed E-state index contributed by atoms with van der Waals surface area (Å²) < 4.78 is 52.0. The Bertz CT molecular complexity index is 929. The number of benzene rings is 1. The largest absolute Gasteiger partial charge is 0.444 e. The summed E-state index contributed by atoms with van der Waals surface area (Å²) in [7, 11) is 1.60. The minimum atomic E-state index is -4.58. The van der Waals surface area contributed by atoms with Crippen LogP contribution in [-0.4, -0.2) is 65.5 Å². The predicted octanol–water partition coefficient (Wildman–Crippen LogP) is 4.28. The van der Waals surface area contributed by atoms with Crippen molar-refractivity contribution in [1.82, 2.24) is 14.9 Å². The molecule has 1 unspecified atom stereocenters. The van der Waals surface area contributed by atoms with E-state index in [1.807, 2.05) is 24.3 Å². The van der Waals surface area contributed by atoms with Crippen molar-refractivity contribution in [2.24, 2.45) is 0 Å². The molecule has 0 saturated carbocycles. The Kier molecular flexibility index (Phi) is 6.92. The minimum Gasteiger partial charge on any atom is -0.444 e. The average molecular weight is 452 g/mol. The van der Waals surface area contributed by atoms with Gasteiger partial charge in [-0.05, 0) is 32.4 Å². The summed E-state index contributed by atoms with van der Waals surface area (Å²) in [4.78, 5) is 23.0. The van der Waals surface area contributed by atoms with Crippen molar-refractivity contribution in [3.63, 3.8) is 0 Å². The fraction of sp³-hybridized carbons (Fsp3) is 0.500. The summed E-state index contributed by atoms with van der Waals surface area (Å²) in [6, 6.07) is 7.12. The van der Waals surface area contributed by atoms with Gasteiger partial charge in [0.25, 0.3) is 0 Å². The number of halogens is 3. The van der Waals surface area contributed by atoms with Gasteiger partial charge in [-0.25, -0.2) is 14.8 Å². The van der Waals surface area contributed by atoms with E-state index in [1.54, 1.807) is 33.9 Å². The number of methoxy groups -OCH3 is 1. The highest BCUT2D eigenvalue weighted by Gasteiger charge is 2.48. The zero-order chi connectivity index (χ0) is 23.5. The van der Waals surface area contributed by atoms with E-state index in [9.17, 15) is 18.0 Å². The van der Waals surface area contributed by atoms with Crippen LogP contribution in [0.2, 0.25) is 0 Å². The van der Waals surface area contributed by atoms with Crippen molar-refractivity contribution < 1.29 is 27.4 Å². The summed E-state index contributed by atoms with van der Waals surface area (Å²) in [6.07, 6.45) is -3.91. The fourth-order valence-corrected chi connectivity index (χ4v) is 3.38. The summed E-state index contributed by atoms with van der Waals surface area (Å²) in [6.45, 7) is 4.92. The van der Waals surface area contributed by atoms with E-state index in [0.717, 1.165) is 20.9 Å². The molecule has 2 aromatic rings. The summed E-state index contributed by atoms with van der Waals surface area (Å²) >= 11 is 0. The van der Waals surface area contributed by atoms with Crippen LogP contribution in [0.5, 0.6) is 0 Å². The van der Waals surface area contributed by atoms with Crippen LogP contribution in [0.4, 0.5) is 23.9 Å². The third-order valence-electron chi connectivity index (χ3n) is 4.87. The lowest BCUT2D eigenvalue weighted by molar-refractivity contribution is -0.156. The average Bonchev–Trinajstić information content (AvgIpc) is 2.72. The lowest BCUT2D eigenvalue weighted by Crippen LogP contribution is -2.61. The number of hydrogen-bond acceptors (Lipinski definition) is 6. The second-order valence-electron chi connectivity index (χ2n) is 8.55. The molecule has 0 spiro atoms. The standard InChI is InChI=1S/C22H27F3N4O3/c1-21(2,3)32-20(30)28-11-12-29(18(13-28)22(23,24)25)19-26-10-9-17(27-19)16-7-5-15(6-8-16)14-31-4/h5-10,18H,11-14H2,1-4H3. The van der Waals surface area contributed by atoms with Gasteiger partial charge in [-0.15, -0.1) is 0 Å². The van der Waals surface area contributed by atoms with E-state index >= 15 is 0 Å². The Morgan fingerprint density at radius 3 is 2.41 bits per heavy atom. The molecule has 10 heteroatoms. The number of anilines is 1. The Hall–Kier alpha value is -2.88. The third kappa shape index (κ3) is 5.87. The second kappa shape index (κ2) is 9.32. The van der Waals surface area contributed by atoms with E-state index in [-0.39, 0.29) is 19.0 Å². The van der Waals surface area contributed by atoms with Crippen LogP contribution >= 0.6 is 0 Å². The van der Waals surface area contributed by atoms with Crippen molar-refractivity contribution >= 4 is 12.0 Å². The van der Waals surface area contributed by atoms with E-state index in [4.69, 9.17) is 9.47 Å². The number of amides is 1. The molecule has 0 N–H and O–H groups in total. The van der Waals surface area contributed by atoms with Gasteiger partial charge in [0.15, 0.2) is 0 Å². The lowest BCUT2D eigenvalue weighted by Gasteiger charge is -2.42. The van der Waals surface area contributed by atoms with Crippen LogP contribution in [0.25, 0.3) is 11.3 Å². The number of alkyl halides is 3. The van der Waals surface area contributed by atoms with Crippen LogP contribution in [0.15, 0.2) is 36.5 Å². The molecule has 1 aromatic carbocycles. The van der Waals surface area contributed by atoms with Crippen LogP contribution < -0.4 is 4.90 Å². The number of nitrogens with zero attached hydrogens (tertiary/aromatic N) is 4. The maximum absolute atomic E-state index is 13.9. The first-order chi connectivity index (χ1) is 15.0. The van der Waals surface area contributed by atoms with Crippen molar-refractivity contribution in [1.29, 1.82) is 0 Å². The Morgan fingerprint density at radius 1 is 1.12 bits per heavy atom. The van der Waals surface area contributed by atoms with Gasteiger partial charge in [-0.3, -0.25) is 0 Å². The molecule has 174 valence electrons. The molecule has 1 atom stereocenters. The molecule has 1 amide bonds. The molecule has 2 heterocycles. The fourth-order valence-electron chi connectivity index (χ4n) is 3.38. The van der Waals surface area contributed by atoms with Crippen LogP contribution in [0.3, 0.4) is 0 Å². The lowest BCUT2D eigenvalue weighted by atomic mass is 10.1. The molecule has 0 radical (unpaired) electrons. The van der Waals surface area contributed by atoms with E-state index in [1.165, 1.54) is 6.20 Å². The zero-order valence-corrected chi connectivity index (χ0v) is 18.5. The highest BCUT2D eigenvalue weighted by atomic mass is 19.4. The number of aromatic nitrogens is 2. The summed E-state index contributed by atoms with van der Waals surface area (Å²) in [5.41, 5.74) is 1.44. The number of ether oxygens (including phenoxy) is 2. The SMILES string of the molecule is COCc1ccc(-c2ccnc(N3CCN(C(=O)OC(C)(C)C)CC3C(F)(F)F)n2)cc1. The molecule has 1 fully saturated rings. The first-order valence-electron chi connectivity index (χ1n) is 10.2. The van der Waals surface area contributed by atoms with Crippen molar-refractivity contribution in [3.05, 3.63) is 42.1 Å². The monoisotopic (exact) mass is 452 g/mol. The van der Waals surface area contributed by atoms with Crippen LogP contribution in [-0.2, 0) is 16.1 Å². The van der Waals surface area contributed by atoms with Gasteiger partial charge in [0.2, 0.25) is 5.95 Å². The Balaban J connectivity index is 1.83. The van der Waals surface area contributed by atoms with Gasteiger partial charge >= 0.3 is 12.3 Å². The molecule has 32 heavy (non-hydrogen) atoms. The van der Waals surface area contributed by atoms with Gasteiger partial charge in [0.05, 0.1) is 18.8 Å². The molecule has 1 aromatic heterocycles. The molecular formula is C22H27F3N4O3. The van der Waals surface area contributed by atoms with Crippen molar-refractivity contribution in [3.8, 4) is 11.3 Å². The molecule has 1 saturated heterocycles. The topological polar surface area (TPSA) is 67.8 Å². The first kappa shape index (κ1) is 23.8. The molecule has 3 rings (SSSR count). The minimum absolute atomic E-state index is 0.0327. The molecule has 7 nitrogen and oxygen atoms in total. The summed E-state index contributed by atoms with van der Waals surface area (Å²) in [5, 5.41) is 0. The summed E-state index contributed by atoms with van der Waals surface area (Å²) in [5.74, 6) is -0.0327. The highest BCUT2D eigenvalue weighted by Crippen LogP contribution is 2.31. The number of piperazine rings is 1. The van der Waals surface area contributed by atoms with E-state index in [0.29, 0.717) is 12.3 Å². The van der Waals surface area contributed by atoms with Gasteiger partial charge in [0, 0.05) is 32.0 Å². The van der Waals surface area contributed by atoms with Gasteiger partial charge in [-0.1, -0.05) is 24.3 Å². The van der Waals surface area contributed by atoms with E-state index in [2.05, 4.69) is 9.97 Å². The predicted molar refractivity (Wildman–Crippen MR) is 113 cm³/mol.